The zero-order valence-corrected chi connectivity index (χ0v) is 14.2. The van der Waals surface area contributed by atoms with Gasteiger partial charge >= 0.3 is 5.97 Å². The van der Waals surface area contributed by atoms with Crippen LogP contribution in [0.2, 0.25) is 0 Å². The van der Waals surface area contributed by atoms with Crippen LogP contribution in [0, 0.1) is 11.8 Å². The normalized spacial score (nSPS) is 21.7. The maximum absolute atomic E-state index is 12.4. The number of fused-ring (bicyclic) bond motifs is 1. The molecule has 1 aromatic carbocycles. The van der Waals surface area contributed by atoms with E-state index in [9.17, 15) is 9.59 Å². The van der Waals surface area contributed by atoms with Crippen LogP contribution < -0.4 is 0 Å². The van der Waals surface area contributed by atoms with Gasteiger partial charge in [-0.1, -0.05) is 12.1 Å². The van der Waals surface area contributed by atoms with Gasteiger partial charge in [0.05, 0.1) is 24.1 Å². The molecule has 2 aliphatic rings. The number of cyclic esters (lactones) is 1. The van der Waals surface area contributed by atoms with E-state index in [4.69, 9.17) is 4.74 Å². The number of aromatic amines is 1. The van der Waals surface area contributed by atoms with Crippen molar-refractivity contribution in [1.82, 2.24) is 14.9 Å². The Morgan fingerprint density at radius 3 is 2.76 bits per heavy atom. The second-order valence-electron chi connectivity index (χ2n) is 7.19. The van der Waals surface area contributed by atoms with Gasteiger partial charge in [0.1, 0.15) is 5.82 Å². The standard InChI is InChI=1S/C19H23N3O3/c23-18(10-14-11-19(24)25-12-14)22-7-5-13(6-8-22)9-17-20-15-3-1-2-4-16(15)21-17/h1-4,13-14H,5-12H2,(H,20,21)/t14-/m1/s1. The second kappa shape index (κ2) is 6.86. The smallest absolute Gasteiger partial charge is 0.306 e. The number of carbonyl (C=O) groups is 2. The lowest BCUT2D eigenvalue weighted by molar-refractivity contribution is -0.138. The molecule has 0 unspecified atom stereocenters. The minimum atomic E-state index is -0.178. The molecule has 2 fully saturated rings. The van der Waals surface area contributed by atoms with E-state index >= 15 is 0 Å². The molecular weight excluding hydrogens is 318 g/mol. The molecule has 0 aliphatic carbocycles. The van der Waals surface area contributed by atoms with E-state index in [1.54, 1.807) is 0 Å². The van der Waals surface area contributed by atoms with Crippen LogP contribution in [-0.4, -0.2) is 46.4 Å². The van der Waals surface area contributed by atoms with Gasteiger partial charge in [-0.25, -0.2) is 4.98 Å². The zero-order valence-electron chi connectivity index (χ0n) is 14.2. The van der Waals surface area contributed by atoms with E-state index in [1.807, 2.05) is 29.2 Å². The molecule has 1 atom stereocenters. The van der Waals surface area contributed by atoms with Gasteiger partial charge in [-0.05, 0) is 30.9 Å². The molecule has 0 bridgehead atoms. The van der Waals surface area contributed by atoms with Crippen molar-refractivity contribution in [1.29, 1.82) is 0 Å². The molecule has 4 rings (SSSR count). The maximum atomic E-state index is 12.4. The number of ether oxygens (including phenoxy) is 1. The lowest BCUT2D eigenvalue weighted by Crippen LogP contribution is -2.39. The van der Waals surface area contributed by atoms with Gasteiger partial charge in [0.2, 0.25) is 5.91 Å². The first-order chi connectivity index (χ1) is 12.2. The van der Waals surface area contributed by atoms with E-state index in [0.29, 0.717) is 25.4 Å². The minimum Gasteiger partial charge on any atom is -0.465 e. The number of nitrogens with one attached hydrogen (secondary N) is 1. The Balaban J connectivity index is 1.27. The fourth-order valence-corrected chi connectivity index (χ4v) is 3.83. The molecule has 25 heavy (non-hydrogen) atoms. The molecule has 2 aliphatic heterocycles. The Hall–Kier alpha value is -2.37. The van der Waals surface area contributed by atoms with Gasteiger partial charge in [-0.15, -0.1) is 0 Å². The van der Waals surface area contributed by atoms with E-state index in [-0.39, 0.29) is 17.8 Å². The fourth-order valence-electron chi connectivity index (χ4n) is 3.83. The highest BCUT2D eigenvalue weighted by molar-refractivity contribution is 5.78. The number of imidazole rings is 1. The third kappa shape index (κ3) is 3.67. The summed E-state index contributed by atoms with van der Waals surface area (Å²) in [5.74, 6) is 1.63. The highest BCUT2D eigenvalue weighted by Crippen LogP contribution is 2.24. The highest BCUT2D eigenvalue weighted by atomic mass is 16.5. The van der Waals surface area contributed by atoms with Crippen molar-refractivity contribution in [2.24, 2.45) is 11.8 Å². The fraction of sp³-hybridized carbons (Fsp3) is 0.526. The first kappa shape index (κ1) is 16.1. The molecule has 2 saturated heterocycles. The summed E-state index contributed by atoms with van der Waals surface area (Å²) in [6, 6.07) is 8.08. The maximum Gasteiger partial charge on any atom is 0.306 e. The Morgan fingerprint density at radius 2 is 2.04 bits per heavy atom. The van der Waals surface area contributed by atoms with Crippen molar-refractivity contribution in [2.45, 2.75) is 32.1 Å². The molecule has 132 valence electrons. The van der Waals surface area contributed by atoms with Crippen LogP contribution in [0.25, 0.3) is 11.0 Å². The Kier molecular flexibility index (Phi) is 4.42. The number of hydrogen-bond donors (Lipinski definition) is 1. The molecule has 1 aromatic heterocycles. The molecular formula is C19H23N3O3. The van der Waals surface area contributed by atoms with Crippen LogP contribution in [0.15, 0.2) is 24.3 Å². The highest BCUT2D eigenvalue weighted by Gasteiger charge is 2.29. The number of piperidine rings is 1. The number of aromatic nitrogens is 2. The number of benzene rings is 1. The van der Waals surface area contributed by atoms with Crippen LogP contribution in [0.4, 0.5) is 0 Å². The number of para-hydroxylation sites is 2. The largest absolute Gasteiger partial charge is 0.465 e. The van der Waals surface area contributed by atoms with Crippen LogP contribution >= 0.6 is 0 Å². The quantitative estimate of drug-likeness (QED) is 0.866. The molecule has 2 aromatic rings. The van der Waals surface area contributed by atoms with Crippen molar-refractivity contribution in [3.63, 3.8) is 0 Å². The average molecular weight is 341 g/mol. The molecule has 3 heterocycles. The van der Waals surface area contributed by atoms with Crippen LogP contribution in [0.3, 0.4) is 0 Å². The number of amides is 1. The number of likely N-dealkylation sites (tertiary alicyclic amines) is 1. The van der Waals surface area contributed by atoms with Crippen molar-refractivity contribution in [3.05, 3.63) is 30.1 Å². The predicted molar refractivity (Wildman–Crippen MR) is 92.8 cm³/mol. The van der Waals surface area contributed by atoms with E-state index < -0.39 is 0 Å². The molecule has 0 saturated carbocycles. The van der Waals surface area contributed by atoms with E-state index in [1.165, 1.54) is 0 Å². The Bertz CT molecular complexity index is 744. The van der Waals surface area contributed by atoms with Gasteiger partial charge in [0, 0.05) is 31.8 Å². The number of carbonyl (C=O) groups excluding carboxylic acids is 2. The van der Waals surface area contributed by atoms with Gasteiger partial charge < -0.3 is 14.6 Å². The van der Waals surface area contributed by atoms with Gasteiger partial charge in [0.15, 0.2) is 0 Å². The first-order valence-corrected chi connectivity index (χ1v) is 9.04. The van der Waals surface area contributed by atoms with Crippen molar-refractivity contribution in [3.8, 4) is 0 Å². The van der Waals surface area contributed by atoms with Gasteiger partial charge in [-0.2, -0.15) is 0 Å². The van der Waals surface area contributed by atoms with E-state index in [0.717, 1.165) is 49.2 Å². The third-order valence-corrected chi connectivity index (χ3v) is 5.29. The van der Waals surface area contributed by atoms with Crippen LogP contribution in [0.1, 0.15) is 31.5 Å². The van der Waals surface area contributed by atoms with E-state index in [2.05, 4.69) is 9.97 Å². The monoisotopic (exact) mass is 341 g/mol. The number of esters is 1. The van der Waals surface area contributed by atoms with Gasteiger partial charge in [0.25, 0.3) is 0 Å². The molecule has 0 radical (unpaired) electrons. The van der Waals surface area contributed by atoms with Gasteiger partial charge in [-0.3, -0.25) is 9.59 Å². The summed E-state index contributed by atoms with van der Waals surface area (Å²) in [5, 5.41) is 0. The Morgan fingerprint density at radius 1 is 1.24 bits per heavy atom. The molecule has 1 amide bonds. The lowest BCUT2D eigenvalue weighted by Gasteiger charge is -2.32. The predicted octanol–water partition coefficient (Wildman–Crippen LogP) is 2.30. The summed E-state index contributed by atoms with van der Waals surface area (Å²) < 4.78 is 4.94. The number of H-pyrrole nitrogens is 1. The van der Waals surface area contributed by atoms with Crippen molar-refractivity contribution >= 4 is 22.9 Å². The Labute approximate surface area is 146 Å². The second-order valence-corrected chi connectivity index (χ2v) is 7.19. The summed E-state index contributed by atoms with van der Waals surface area (Å²) in [5.41, 5.74) is 2.09. The SMILES string of the molecule is O=C1C[C@@H](CC(=O)N2CCC(Cc3nc4ccccc4[nH]3)CC2)CO1. The number of rotatable bonds is 4. The number of hydrogen-bond acceptors (Lipinski definition) is 4. The molecule has 1 N–H and O–H groups in total. The minimum absolute atomic E-state index is 0.0632. The van der Waals surface area contributed by atoms with Crippen molar-refractivity contribution in [2.75, 3.05) is 19.7 Å². The molecule has 6 heteroatoms. The summed E-state index contributed by atoms with van der Waals surface area (Å²) in [6.07, 6.45) is 3.75. The topological polar surface area (TPSA) is 75.3 Å². The zero-order chi connectivity index (χ0) is 17.2. The molecule has 6 nitrogen and oxygen atoms in total. The lowest BCUT2D eigenvalue weighted by atomic mass is 9.92. The average Bonchev–Trinajstić information content (AvgIpc) is 3.20. The summed E-state index contributed by atoms with van der Waals surface area (Å²) in [6.45, 7) is 1.99. The number of nitrogens with zero attached hydrogens (tertiary/aromatic N) is 2. The van der Waals surface area contributed by atoms with Crippen LogP contribution in [-0.2, 0) is 20.7 Å². The van der Waals surface area contributed by atoms with Crippen LogP contribution in [0.5, 0.6) is 0 Å². The summed E-state index contributed by atoms with van der Waals surface area (Å²) in [7, 11) is 0. The summed E-state index contributed by atoms with van der Waals surface area (Å²) in [4.78, 5) is 33.5. The van der Waals surface area contributed by atoms with Crippen molar-refractivity contribution < 1.29 is 14.3 Å². The first-order valence-electron chi connectivity index (χ1n) is 9.04. The molecule has 0 spiro atoms. The third-order valence-electron chi connectivity index (χ3n) is 5.29. The summed E-state index contributed by atoms with van der Waals surface area (Å²) >= 11 is 0.